The van der Waals surface area contributed by atoms with Crippen LogP contribution in [-0.2, 0) is 16.2 Å². The fourth-order valence-corrected chi connectivity index (χ4v) is 2.40. The van der Waals surface area contributed by atoms with E-state index in [1.54, 1.807) is 12.5 Å². The molecule has 2 aromatic rings. The predicted molar refractivity (Wildman–Crippen MR) is 82.2 cm³/mol. The van der Waals surface area contributed by atoms with Crippen LogP contribution in [0.4, 0.5) is 8.78 Å². The highest BCUT2D eigenvalue weighted by Crippen LogP contribution is 2.20. The second-order valence-corrected chi connectivity index (χ2v) is 5.41. The number of carbonyl (C=O) groups excluding carboxylic acids is 1. The van der Waals surface area contributed by atoms with Crippen LogP contribution in [0.3, 0.4) is 0 Å². The van der Waals surface area contributed by atoms with Gasteiger partial charge in [-0.2, -0.15) is 0 Å². The fourth-order valence-electron chi connectivity index (χ4n) is 2.40. The van der Waals surface area contributed by atoms with Crippen molar-refractivity contribution in [3.05, 3.63) is 54.1 Å². The first-order valence-electron chi connectivity index (χ1n) is 7.55. The van der Waals surface area contributed by atoms with E-state index >= 15 is 0 Å². The zero-order valence-corrected chi connectivity index (χ0v) is 12.8. The number of halogens is 2. The number of carbonyl (C=O) groups is 1. The maximum atomic E-state index is 13.7. The summed E-state index contributed by atoms with van der Waals surface area (Å²) in [6.07, 6.45) is 5.26. The summed E-state index contributed by atoms with van der Waals surface area (Å²) in [6, 6.07) is 3.10. The summed E-state index contributed by atoms with van der Waals surface area (Å²) in [6.45, 7) is 1.21. The largest absolute Gasteiger partial charge is 0.382 e. The number of hydrogen-bond donors (Lipinski definition) is 1. The SMILES string of the molecule is O=C(NCCCn1ccnc1)[C@@H]1CC(c2cc(F)ccc2F)=NO1. The lowest BCUT2D eigenvalue weighted by molar-refractivity contribution is -0.131. The van der Waals surface area contributed by atoms with E-state index in [1.165, 1.54) is 0 Å². The Morgan fingerprint density at radius 3 is 3.08 bits per heavy atom. The molecule has 0 bridgehead atoms. The van der Waals surface area contributed by atoms with Gasteiger partial charge < -0.3 is 14.7 Å². The zero-order valence-electron chi connectivity index (χ0n) is 12.8. The van der Waals surface area contributed by atoms with Crippen molar-refractivity contribution in [1.82, 2.24) is 14.9 Å². The van der Waals surface area contributed by atoms with E-state index in [0.717, 1.165) is 31.2 Å². The van der Waals surface area contributed by atoms with E-state index in [4.69, 9.17) is 4.84 Å². The van der Waals surface area contributed by atoms with E-state index in [2.05, 4.69) is 15.5 Å². The van der Waals surface area contributed by atoms with Crippen molar-refractivity contribution in [2.45, 2.75) is 25.5 Å². The molecule has 0 fully saturated rings. The molecule has 6 nitrogen and oxygen atoms in total. The summed E-state index contributed by atoms with van der Waals surface area (Å²) >= 11 is 0. The first-order valence-corrected chi connectivity index (χ1v) is 7.55. The third kappa shape index (κ3) is 3.76. The second-order valence-electron chi connectivity index (χ2n) is 5.41. The van der Waals surface area contributed by atoms with Crippen LogP contribution < -0.4 is 5.32 Å². The number of nitrogens with one attached hydrogen (secondary N) is 1. The molecule has 0 radical (unpaired) electrons. The molecule has 0 aliphatic carbocycles. The molecule has 1 aliphatic heterocycles. The van der Waals surface area contributed by atoms with Gasteiger partial charge >= 0.3 is 0 Å². The number of nitrogens with zero attached hydrogens (tertiary/aromatic N) is 3. The summed E-state index contributed by atoms with van der Waals surface area (Å²) in [4.78, 5) is 21.0. The molecule has 0 spiro atoms. The van der Waals surface area contributed by atoms with E-state index in [9.17, 15) is 13.6 Å². The van der Waals surface area contributed by atoms with Crippen LogP contribution in [0.1, 0.15) is 18.4 Å². The Morgan fingerprint density at radius 2 is 2.29 bits per heavy atom. The van der Waals surface area contributed by atoms with Crippen molar-refractivity contribution in [3.63, 3.8) is 0 Å². The second kappa shape index (κ2) is 7.20. The topological polar surface area (TPSA) is 68.5 Å². The lowest BCUT2D eigenvalue weighted by Gasteiger charge is -2.09. The monoisotopic (exact) mass is 334 g/mol. The molecule has 126 valence electrons. The molecule has 1 N–H and O–H groups in total. The van der Waals surface area contributed by atoms with Crippen LogP contribution in [0.5, 0.6) is 0 Å². The first kappa shape index (κ1) is 16.1. The average Bonchev–Trinajstić information content (AvgIpc) is 3.25. The smallest absolute Gasteiger partial charge is 0.264 e. The number of aromatic nitrogens is 2. The third-order valence-corrected chi connectivity index (χ3v) is 3.65. The highest BCUT2D eigenvalue weighted by molar-refractivity contribution is 6.04. The minimum atomic E-state index is -0.823. The number of benzene rings is 1. The van der Waals surface area contributed by atoms with Gasteiger partial charge in [0.25, 0.3) is 5.91 Å². The van der Waals surface area contributed by atoms with Gasteiger partial charge in [0.05, 0.1) is 12.0 Å². The Labute approximate surface area is 137 Å². The molecule has 1 atom stereocenters. The van der Waals surface area contributed by atoms with Crippen molar-refractivity contribution in [1.29, 1.82) is 0 Å². The lowest BCUT2D eigenvalue weighted by Crippen LogP contribution is -2.35. The molecule has 0 saturated heterocycles. The van der Waals surface area contributed by atoms with Crippen LogP contribution >= 0.6 is 0 Å². The predicted octanol–water partition coefficient (Wildman–Crippen LogP) is 1.86. The molecule has 0 unspecified atom stereocenters. The lowest BCUT2D eigenvalue weighted by atomic mass is 10.0. The summed E-state index contributed by atoms with van der Waals surface area (Å²) in [7, 11) is 0. The van der Waals surface area contributed by atoms with E-state index in [1.807, 2.05) is 10.8 Å². The molecule has 0 saturated carbocycles. The molecule has 2 heterocycles. The minimum Gasteiger partial charge on any atom is -0.382 e. The van der Waals surface area contributed by atoms with Gasteiger partial charge in [0.1, 0.15) is 11.6 Å². The Kier molecular flexibility index (Phi) is 4.83. The number of oxime groups is 1. The van der Waals surface area contributed by atoms with Crippen LogP contribution in [0, 0.1) is 11.6 Å². The van der Waals surface area contributed by atoms with Gasteiger partial charge in [-0.1, -0.05) is 5.16 Å². The number of imidazole rings is 1. The van der Waals surface area contributed by atoms with Crippen LogP contribution in [0.15, 0.2) is 42.1 Å². The number of amides is 1. The van der Waals surface area contributed by atoms with Crippen molar-refractivity contribution in [2.24, 2.45) is 5.16 Å². The average molecular weight is 334 g/mol. The Bertz CT molecular complexity index is 747. The fraction of sp³-hybridized carbons (Fsp3) is 0.312. The maximum absolute atomic E-state index is 13.7. The van der Waals surface area contributed by atoms with Gasteiger partial charge in [0.15, 0.2) is 0 Å². The van der Waals surface area contributed by atoms with E-state index in [0.29, 0.717) is 6.54 Å². The molecule has 1 aromatic heterocycles. The van der Waals surface area contributed by atoms with E-state index in [-0.39, 0.29) is 23.6 Å². The first-order chi connectivity index (χ1) is 11.6. The summed E-state index contributed by atoms with van der Waals surface area (Å²) in [5.41, 5.74) is 0.246. The number of aryl methyl sites for hydroxylation is 1. The van der Waals surface area contributed by atoms with Gasteiger partial charge in [0, 0.05) is 37.5 Å². The third-order valence-electron chi connectivity index (χ3n) is 3.65. The molecule has 8 heteroatoms. The minimum absolute atomic E-state index is 0.0189. The number of hydrogen-bond acceptors (Lipinski definition) is 4. The molecule has 24 heavy (non-hydrogen) atoms. The Hall–Kier alpha value is -2.77. The van der Waals surface area contributed by atoms with Gasteiger partial charge in [0.2, 0.25) is 6.10 Å². The Balaban J connectivity index is 1.47. The zero-order chi connectivity index (χ0) is 16.9. The maximum Gasteiger partial charge on any atom is 0.264 e. The number of rotatable bonds is 6. The summed E-state index contributed by atoms with van der Waals surface area (Å²) < 4.78 is 28.9. The normalized spacial score (nSPS) is 16.6. The summed E-state index contributed by atoms with van der Waals surface area (Å²) in [5, 5.41) is 6.46. The Morgan fingerprint density at radius 1 is 1.42 bits per heavy atom. The van der Waals surface area contributed by atoms with Crippen molar-refractivity contribution >= 4 is 11.6 Å². The van der Waals surface area contributed by atoms with Crippen molar-refractivity contribution in [3.8, 4) is 0 Å². The standard InChI is InChI=1S/C16H16F2N4O2/c17-11-2-3-13(18)12(8-11)14-9-15(24-21-14)16(23)20-4-1-6-22-7-5-19-10-22/h2-3,5,7-8,10,15H,1,4,6,9H2,(H,20,23)/t15-/m0/s1. The molecule has 3 rings (SSSR count). The van der Waals surface area contributed by atoms with Gasteiger partial charge in [-0.05, 0) is 24.6 Å². The highest BCUT2D eigenvalue weighted by atomic mass is 19.1. The van der Waals surface area contributed by atoms with Crippen LogP contribution in [0.2, 0.25) is 0 Å². The quantitative estimate of drug-likeness (QED) is 0.820. The molecular formula is C16H16F2N4O2. The van der Waals surface area contributed by atoms with Crippen LogP contribution in [0.25, 0.3) is 0 Å². The van der Waals surface area contributed by atoms with Crippen molar-refractivity contribution < 1.29 is 18.4 Å². The molecular weight excluding hydrogens is 318 g/mol. The molecule has 1 amide bonds. The van der Waals surface area contributed by atoms with E-state index < -0.39 is 17.7 Å². The summed E-state index contributed by atoms with van der Waals surface area (Å²) in [5.74, 6) is -1.49. The van der Waals surface area contributed by atoms with Crippen molar-refractivity contribution in [2.75, 3.05) is 6.54 Å². The van der Waals surface area contributed by atoms with Gasteiger partial charge in [-0.15, -0.1) is 0 Å². The van der Waals surface area contributed by atoms with Gasteiger partial charge in [-0.25, -0.2) is 13.8 Å². The highest BCUT2D eigenvalue weighted by Gasteiger charge is 2.29. The van der Waals surface area contributed by atoms with Crippen LogP contribution in [-0.4, -0.2) is 33.8 Å². The van der Waals surface area contributed by atoms with Gasteiger partial charge in [-0.3, -0.25) is 4.79 Å². The molecule has 1 aromatic carbocycles. The molecule has 1 aliphatic rings.